The Labute approximate surface area is 128 Å². The number of urea groups is 1. The highest BCUT2D eigenvalue weighted by atomic mass is 16.3. The van der Waals surface area contributed by atoms with Gasteiger partial charge in [0.05, 0.1) is 0 Å². The number of carbonyl (C=O) groups excluding carboxylic acids is 1. The number of nitrogens with one attached hydrogen (secondary N) is 2. The first-order chi connectivity index (χ1) is 9.95. The third-order valence-corrected chi connectivity index (χ3v) is 4.02. The van der Waals surface area contributed by atoms with Crippen LogP contribution in [-0.2, 0) is 0 Å². The molecule has 4 nitrogen and oxygen atoms in total. The molecule has 1 aromatic rings. The van der Waals surface area contributed by atoms with Crippen LogP contribution >= 0.6 is 0 Å². The molecule has 0 bridgehead atoms. The Morgan fingerprint density at radius 2 is 1.76 bits per heavy atom. The molecule has 0 saturated carbocycles. The van der Waals surface area contributed by atoms with Gasteiger partial charge in [-0.3, -0.25) is 0 Å². The van der Waals surface area contributed by atoms with Gasteiger partial charge in [-0.2, -0.15) is 0 Å². The minimum Gasteiger partial charge on any atom is -0.396 e. The van der Waals surface area contributed by atoms with Gasteiger partial charge in [-0.25, -0.2) is 4.79 Å². The molecule has 1 rings (SSSR count). The topological polar surface area (TPSA) is 61.4 Å². The largest absolute Gasteiger partial charge is 0.396 e. The average Bonchev–Trinajstić information content (AvgIpc) is 2.47. The Morgan fingerprint density at radius 1 is 1.14 bits per heavy atom. The lowest BCUT2D eigenvalue weighted by Gasteiger charge is -2.24. The molecule has 0 aliphatic carbocycles. The van der Waals surface area contributed by atoms with Crippen LogP contribution < -0.4 is 10.6 Å². The zero-order valence-electron chi connectivity index (χ0n) is 13.5. The standard InChI is InChI=1S/C17H28N2O2/c1-12(2)16(15-8-6-5-7-9-15)10-18-17(21)19-14(4)13(3)11-20/h5-9,12-14,16,20H,10-11H2,1-4H3,(H2,18,19,21). The first-order valence-corrected chi connectivity index (χ1v) is 7.65. The van der Waals surface area contributed by atoms with Crippen LogP contribution in [0.15, 0.2) is 30.3 Å². The second kappa shape index (κ2) is 8.67. The van der Waals surface area contributed by atoms with Crippen LogP contribution in [0.1, 0.15) is 39.2 Å². The lowest BCUT2D eigenvalue weighted by atomic mass is 9.88. The maximum atomic E-state index is 11.9. The van der Waals surface area contributed by atoms with Crippen LogP contribution in [0.4, 0.5) is 4.79 Å². The second-order valence-corrected chi connectivity index (χ2v) is 6.06. The van der Waals surface area contributed by atoms with Crippen molar-refractivity contribution in [2.24, 2.45) is 11.8 Å². The first-order valence-electron chi connectivity index (χ1n) is 7.65. The van der Waals surface area contributed by atoms with Crippen molar-refractivity contribution in [3.63, 3.8) is 0 Å². The van der Waals surface area contributed by atoms with Crippen molar-refractivity contribution in [2.45, 2.75) is 39.7 Å². The zero-order chi connectivity index (χ0) is 15.8. The van der Waals surface area contributed by atoms with E-state index < -0.39 is 0 Å². The molecule has 0 spiro atoms. The van der Waals surface area contributed by atoms with E-state index in [4.69, 9.17) is 5.11 Å². The fraction of sp³-hybridized carbons (Fsp3) is 0.588. The van der Waals surface area contributed by atoms with E-state index in [0.29, 0.717) is 18.4 Å². The Balaban J connectivity index is 2.53. The van der Waals surface area contributed by atoms with Gasteiger partial charge in [0.25, 0.3) is 0 Å². The second-order valence-electron chi connectivity index (χ2n) is 6.06. The molecule has 1 aromatic carbocycles. The minimum absolute atomic E-state index is 0.0470. The van der Waals surface area contributed by atoms with E-state index in [1.165, 1.54) is 5.56 Å². The Bertz CT molecular complexity index is 420. The number of aliphatic hydroxyl groups is 1. The summed E-state index contributed by atoms with van der Waals surface area (Å²) in [7, 11) is 0. The summed E-state index contributed by atoms with van der Waals surface area (Å²) < 4.78 is 0. The van der Waals surface area contributed by atoms with E-state index in [9.17, 15) is 4.79 Å². The highest BCUT2D eigenvalue weighted by molar-refractivity contribution is 5.74. The molecule has 0 aliphatic heterocycles. The number of hydrogen-bond acceptors (Lipinski definition) is 2. The molecule has 3 unspecified atom stereocenters. The summed E-state index contributed by atoms with van der Waals surface area (Å²) in [5.74, 6) is 0.787. The fourth-order valence-corrected chi connectivity index (χ4v) is 2.20. The summed E-state index contributed by atoms with van der Waals surface area (Å²) in [6.45, 7) is 8.80. The molecule has 21 heavy (non-hydrogen) atoms. The van der Waals surface area contributed by atoms with Crippen molar-refractivity contribution in [1.29, 1.82) is 0 Å². The molecule has 3 atom stereocenters. The van der Waals surface area contributed by atoms with E-state index in [0.717, 1.165) is 0 Å². The van der Waals surface area contributed by atoms with Gasteiger partial charge in [0, 0.05) is 25.1 Å². The SMILES string of the molecule is CC(C)C(CNC(=O)NC(C)C(C)CO)c1ccccc1. The van der Waals surface area contributed by atoms with Gasteiger partial charge in [-0.05, 0) is 24.3 Å². The monoisotopic (exact) mass is 292 g/mol. The molecule has 118 valence electrons. The van der Waals surface area contributed by atoms with E-state index in [-0.39, 0.29) is 24.6 Å². The van der Waals surface area contributed by atoms with Crippen molar-refractivity contribution in [3.05, 3.63) is 35.9 Å². The molecule has 4 heteroatoms. The molecule has 0 heterocycles. The molecular weight excluding hydrogens is 264 g/mol. The van der Waals surface area contributed by atoms with Crippen LogP contribution in [0.5, 0.6) is 0 Å². The molecular formula is C17H28N2O2. The molecule has 0 radical (unpaired) electrons. The van der Waals surface area contributed by atoms with Crippen LogP contribution in [-0.4, -0.2) is 30.3 Å². The Kier molecular flexibility index (Phi) is 7.23. The highest BCUT2D eigenvalue weighted by Gasteiger charge is 2.18. The van der Waals surface area contributed by atoms with E-state index >= 15 is 0 Å². The lowest BCUT2D eigenvalue weighted by Crippen LogP contribution is -2.45. The predicted molar refractivity (Wildman–Crippen MR) is 86.3 cm³/mol. The maximum absolute atomic E-state index is 11.9. The van der Waals surface area contributed by atoms with Crippen molar-refractivity contribution in [3.8, 4) is 0 Å². The third kappa shape index (κ3) is 5.76. The molecule has 0 fully saturated rings. The summed E-state index contributed by atoms with van der Waals surface area (Å²) in [4.78, 5) is 11.9. The molecule has 0 aromatic heterocycles. The number of carbonyl (C=O) groups is 1. The molecule has 3 N–H and O–H groups in total. The van der Waals surface area contributed by atoms with E-state index in [1.54, 1.807) is 0 Å². The summed E-state index contributed by atoms with van der Waals surface area (Å²) in [6, 6.07) is 10.0. The Hall–Kier alpha value is -1.55. The van der Waals surface area contributed by atoms with Crippen molar-refractivity contribution in [1.82, 2.24) is 10.6 Å². The van der Waals surface area contributed by atoms with E-state index in [1.807, 2.05) is 32.0 Å². The van der Waals surface area contributed by atoms with Gasteiger partial charge in [0.15, 0.2) is 0 Å². The van der Waals surface area contributed by atoms with Crippen LogP contribution in [0.3, 0.4) is 0 Å². The van der Waals surface area contributed by atoms with Crippen molar-refractivity contribution >= 4 is 6.03 Å². The molecule has 0 saturated heterocycles. The smallest absolute Gasteiger partial charge is 0.315 e. The number of benzene rings is 1. The summed E-state index contributed by atoms with van der Waals surface area (Å²) in [6.07, 6.45) is 0. The number of amides is 2. The first kappa shape index (κ1) is 17.5. The zero-order valence-corrected chi connectivity index (χ0v) is 13.5. The molecule has 0 aliphatic rings. The average molecular weight is 292 g/mol. The lowest BCUT2D eigenvalue weighted by molar-refractivity contribution is 0.200. The van der Waals surface area contributed by atoms with Gasteiger partial charge in [0.2, 0.25) is 0 Å². The number of hydrogen-bond donors (Lipinski definition) is 3. The third-order valence-electron chi connectivity index (χ3n) is 4.02. The van der Waals surface area contributed by atoms with Gasteiger partial charge in [-0.1, -0.05) is 51.1 Å². The summed E-state index contributed by atoms with van der Waals surface area (Å²) in [5.41, 5.74) is 1.24. The quantitative estimate of drug-likeness (QED) is 0.723. The van der Waals surface area contributed by atoms with Gasteiger partial charge >= 0.3 is 6.03 Å². The van der Waals surface area contributed by atoms with Crippen LogP contribution in [0.25, 0.3) is 0 Å². The normalized spacial score (nSPS) is 15.3. The number of rotatable bonds is 7. The van der Waals surface area contributed by atoms with Crippen molar-refractivity contribution < 1.29 is 9.90 Å². The van der Waals surface area contributed by atoms with Crippen LogP contribution in [0, 0.1) is 11.8 Å². The van der Waals surface area contributed by atoms with Gasteiger partial charge in [-0.15, -0.1) is 0 Å². The number of aliphatic hydroxyl groups excluding tert-OH is 1. The maximum Gasteiger partial charge on any atom is 0.315 e. The summed E-state index contributed by atoms with van der Waals surface area (Å²) >= 11 is 0. The van der Waals surface area contributed by atoms with Gasteiger partial charge in [0.1, 0.15) is 0 Å². The highest BCUT2D eigenvalue weighted by Crippen LogP contribution is 2.23. The van der Waals surface area contributed by atoms with Crippen LogP contribution in [0.2, 0.25) is 0 Å². The van der Waals surface area contributed by atoms with Crippen molar-refractivity contribution in [2.75, 3.05) is 13.2 Å². The predicted octanol–water partition coefficient (Wildman–Crippen LogP) is 2.74. The summed E-state index contributed by atoms with van der Waals surface area (Å²) in [5, 5.41) is 14.9. The fourth-order valence-electron chi connectivity index (χ4n) is 2.20. The minimum atomic E-state index is -0.176. The Morgan fingerprint density at radius 3 is 2.29 bits per heavy atom. The van der Waals surface area contributed by atoms with Gasteiger partial charge < -0.3 is 15.7 Å². The molecule has 2 amide bonds. The van der Waals surface area contributed by atoms with E-state index in [2.05, 4.69) is 36.6 Å².